The topological polar surface area (TPSA) is 47.8 Å². The summed E-state index contributed by atoms with van der Waals surface area (Å²) in [7, 11) is 0. The van der Waals surface area contributed by atoms with Gasteiger partial charge in [0.1, 0.15) is 5.69 Å². The second kappa shape index (κ2) is 6.08. The Kier molecular flexibility index (Phi) is 3.97. The van der Waals surface area contributed by atoms with Crippen LogP contribution in [0.2, 0.25) is 0 Å². The van der Waals surface area contributed by atoms with Gasteiger partial charge in [-0.15, -0.1) is 5.10 Å². The number of aryl methyl sites for hydroxylation is 1. The van der Waals surface area contributed by atoms with Gasteiger partial charge < -0.3 is 0 Å². The Balaban J connectivity index is 2.16. The number of aldehydes is 1. The largest absolute Gasteiger partial charge is 0.296 e. The second-order valence-corrected chi connectivity index (χ2v) is 5.00. The molecule has 0 atom stereocenters. The van der Waals surface area contributed by atoms with Crippen LogP contribution in [0.3, 0.4) is 0 Å². The van der Waals surface area contributed by atoms with Crippen molar-refractivity contribution in [2.75, 3.05) is 0 Å². The molecule has 116 valence electrons. The van der Waals surface area contributed by atoms with Gasteiger partial charge in [-0.3, -0.25) is 4.79 Å². The molecule has 0 amide bonds. The summed E-state index contributed by atoms with van der Waals surface area (Å²) >= 11 is 0. The van der Waals surface area contributed by atoms with E-state index in [4.69, 9.17) is 0 Å². The van der Waals surface area contributed by atoms with Crippen LogP contribution < -0.4 is 0 Å². The van der Waals surface area contributed by atoms with Gasteiger partial charge in [0.25, 0.3) is 0 Å². The van der Waals surface area contributed by atoms with Crippen LogP contribution in [0.15, 0.2) is 42.5 Å². The molecule has 0 fully saturated rings. The Labute approximate surface area is 131 Å². The summed E-state index contributed by atoms with van der Waals surface area (Å²) in [5, 5.41) is 7.77. The van der Waals surface area contributed by atoms with Gasteiger partial charge in [0.2, 0.25) is 0 Å². The van der Waals surface area contributed by atoms with Crippen LogP contribution in [0.4, 0.5) is 8.78 Å². The van der Waals surface area contributed by atoms with Gasteiger partial charge in [0.05, 0.1) is 5.69 Å². The number of benzene rings is 2. The average molecular weight is 313 g/mol. The zero-order valence-corrected chi connectivity index (χ0v) is 12.3. The van der Waals surface area contributed by atoms with Crippen molar-refractivity contribution in [3.63, 3.8) is 0 Å². The number of nitrogens with zero attached hydrogens (tertiary/aromatic N) is 3. The number of carbonyl (C=O) groups excluding carboxylic acids is 1. The zero-order chi connectivity index (χ0) is 16.4. The predicted octanol–water partition coefficient (Wildman–Crippen LogP) is 3.59. The first-order chi connectivity index (χ1) is 11.1. The quantitative estimate of drug-likeness (QED) is 0.692. The van der Waals surface area contributed by atoms with E-state index in [1.807, 2.05) is 31.2 Å². The van der Waals surface area contributed by atoms with Crippen molar-refractivity contribution in [3.8, 4) is 16.9 Å². The molecule has 0 bridgehead atoms. The third-order valence-corrected chi connectivity index (χ3v) is 3.59. The molecule has 23 heavy (non-hydrogen) atoms. The molecule has 0 aliphatic rings. The molecule has 2 aromatic carbocycles. The lowest BCUT2D eigenvalue weighted by molar-refractivity contribution is 0.111. The van der Waals surface area contributed by atoms with E-state index in [0.29, 0.717) is 23.2 Å². The molecule has 1 aromatic heterocycles. The fraction of sp³-hybridized carbons (Fsp3) is 0.118. The van der Waals surface area contributed by atoms with Gasteiger partial charge in [-0.1, -0.05) is 24.3 Å². The molecule has 3 rings (SSSR count). The van der Waals surface area contributed by atoms with Crippen LogP contribution >= 0.6 is 0 Å². The standard InChI is InChI=1S/C17H13F2N3O/c1-2-11-3-6-13(7-4-11)22-17(16(10-23)20-21-22)12-5-8-14(18)15(19)9-12/h3-10H,2H2,1H3. The molecule has 0 radical (unpaired) electrons. The van der Waals surface area contributed by atoms with E-state index >= 15 is 0 Å². The van der Waals surface area contributed by atoms with Gasteiger partial charge in [-0.25, -0.2) is 13.5 Å². The van der Waals surface area contributed by atoms with Crippen LogP contribution in [0, 0.1) is 11.6 Å². The van der Waals surface area contributed by atoms with Crippen molar-refractivity contribution in [1.29, 1.82) is 0 Å². The highest BCUT2D eigenvalue weighted by atomic mass is 19.2. The molecular weight excluding hydrogens is 300 g/mol. The summed E-state index contributed by atoms with van der Waals surface area (Å²) in [6, 6.07) is 11.0. The molecule has 4 nitrogen and oxygen atoms in total. The zero-order valence-electron chi connectivity index (χ0n) is 12.3. The van der Waals surface area contributed by atoms with Crippen LogP contribution in [-0.2, 0) is 6.42 Å². The molecule has 0 N–H and O–H groups in total. The third kappa shape index (κ3) is 2.75. The molecule has 0 unspecified atom stereocenters. The highest BCUT2D eigenvalue weighted by Crippen LogP contribution is 2.26. The summed E-state index contributed by atoms with van der Waals surface area (Å²) in [6.07, 6.45) is 1.44. The van der Waals surface area contributed by atoms with Crippen molar-refractivity contribution in [2.24, 2.45) is 0 Å². The lowest BCUT2D eigenvalue weighted by Gasteiger charge is -2.08. The van der Waals surface area contributed by atoms with Gasteiger partial charge >= 0.3 is 0 Å². The van der Waals surface area contributed by atoms with E-state index in [1.165, 1.54) is 10.7 Å². The summed E-state index contributed by atoms with van der Waals surface area (Å²) in [4.78, 5) is 11.2. The average Bonchev–Trinajstić information content (AvgIpc) is 3.01. The number of halogens is 2. The van der Waals surface area contributed by atoms with Gasteiger partial charge in [0, 0.05) is 5.56 Å². The summed E-state index contributed by atoms with van der Waals surface area (Å²) in [6.45, 7) is 2.04. The lowest BCUT2D eigenvalue weighted by Crippen LogP contribution is -2.01. The van der Waals surface area contributed by atoms with Crippen molar-refractivity contribution in [2.45, 2.75) is 13.3 Å². The fourth-order valence-electron chi connectivity index (χ4n) is 2.34. The fourth-order valence-corrected chi connectivity index (χ4v) is 2.34. The lowest BCUT2D eigenvalue weighted by atomic mass is 10.1. The number of hydrogen-bond donors (Lipinski definition) is 0. The van der Waals surface area contributed by atoms with E-state index < -0.39 is 11.6 Å². The summed E-state index contributed by atoms with van der Waals surface area (Å²) in [5.41, 5.74) is 2.55. The first-order valence-corrected chi connectivity index (χ1v) is 7.09. The number of carbonyl (C=O) groups is 1. The summed E-state index contributed by atoms with van der Waals surface area (Å²) < 4.78 is 28.1. The molecule has 0 spiro atoms. The Morgan fingerprint density at radius 3 is 2.43 bits per heavy atom. The van der Waals surface area contributed by atoms with E-state index in [2.05, 4.69) is 10.3 Å². The second-order valence-electron chi connectivity index (χ2n) is 5.00. The molecule has 0 saturated carbocycles. The number of rotatable bonds is 4. The first-order valence-electron chi connectivity index (χ1n) is 7.09. The molecular formula is C17H13F2N3O. The maximum Gasteiger partial charge on any atom is 0.172 e. The number of hydrogen-bond acceptors (Lipinski definition) is 3. The Hall–Kier alpha value is -2.89. The van der Waals surface area contributed by atoms with Crippen molar-refractivity contribution in [1.82, 2.24) is 15.0 Å². The monoisotopic (exact) mass is 313 g/mol. The Morgan fingerprint density at radius 1 is 1.09 bits per heavy atom. The highest BCUT2D eigenvalue weighted by Gasteiger charge is 2.17. The molecule has 0 aliphatic carbocycles. The van der Waals surface area contributed by atoms with E-state index in [9.17, 15) is 13.6 Å². The SMILES string of the molecule is CCc1ccc(-n2nnc(C=O)c2-c2ccc(F)c(F)c2)cc1. The Bertz CT molecular complexity index is 857. The predicted molar refractivity (Wildman–Crippen MR) is 81.5 cm³/mol. The normalized spacial score (nSPS) is 10.7. The van der Waals surface area contributed by atoms with E-state index in [-0.39, 0.29) is 5.69 Å². The minimum atomic E-state index is -0.992. The van der Waals surface area contributed by atoms with Crippen molar-refractivity contribution >= 4 is 6.29 Å². The minimum Gasteiger partial charge on any atom is -0.296 e. The van der Waals surface area contributed by atoms with Crippen LogP contribution in [0.25, 0.3) is 16.9 Å². The van der Waals surface area contributed by atoms with Crippen molar-refractivity contribution in [3.05, 3.63) is 65.4 Å². The summed E-state index contributed by atoms with van der Waals surface area (Å²) in [5.74, 6) is -1.94. The van der Waals surface area contributed by atoms with Gasteiger partial charge in [0.15, 0.2) is 23.6 Å². The highest BCUT2D eigenvalue weighted by molar-refractivity contribution is 5.84. The molecule has 0 saturated heterocycles. The maximum atomic E-state index is 13.5. The molecule has 0 aliphatic heterocycles. The Morgan fingerprint density at radius 2 is 1.83 bits per heavy atom. The van der Waals surface area contributed by atoms with Crippen LogP contribution in [0.1, 0.15) is 23.0 Å². The van der Waals surface area contributed by atoms with Gasteiger partial charge in [-0.05, 0) is 42.3 Å². The minimum absolute atomic E-state index is 0.0653. The molecule has 3 aromatic rings. The molecule has 6 heteroatoms. The third-order valence-electron chi connectivity index (χ3n) is 3.59. The maximum absolute atomic E-state index is 13.5. The van der Waals surface area contributed by atoms with E-state index in [1.54, 1.807) is 0 Å². The van der Waals surface area contributed by atoms with Gasteiger partial charge in [-0.2, -0.15) is 0 Å². The smallest absolute Gasteiger partial charge is 0.172 e. The van der Waals surface area contributed by atoms with Crippen LogP contribution in [0.5, 0.6) is 0 Å². The van der Waals surface area contributed by atoms with Crippen molar-refractivity contribution < 1.29 is 13.6 Å². The molecule has 1 heterocycles. The number of aromatic nitrogens is 3. The first kappa shape index (κ1) is 15.0. The van der Waals surface area contributed by atoms with Crippen LogP contribution in [-0.4, -0.2) is 21.3 Å². The van der Waals surface area contributed by atoms with E-state index in [0.717, 1.165) is 24.1 Å².